The van der Waals surface area contributed by atoms with Crippen molar-refractivity contribution in [3.8, 4) is 5.75 Å². The predicted molar refractivity (Wildman–Crippen MR) is 94.3 cm³/mol. The van der Waals surface area contributed by atoms with Crippen LogP contribution >= 0.6 is 0 Å². The standard InChI is InChI=1S/C18H19NO.C2H6/c1-13-5-7-14(8-6-13)18-17-10-9-16(20-2)12-15(17)4-3-11-19-18;1-2/h5-10,12H,3-4,11H2,1-2H3;1-2H3. The van der Waals surface area contributed by atoms with Crippen molar-refractivity contribution in [3.63, 3.8) is 0 Å². The van der Waals surface area contributed by atoms with Gasteiger partial charge in [-0.2, -0.15) is 0 Å². The molecule has 0 saturated carbocycles. The maximum Gasteiger partial charge on any atom is 0.119 e. The molecule has 3 rings (SSSR count). The van der Waals surface area contributed by atoms with Gasteiger partial charge in [-0.25, -0.2) is 0 Å². The van der Waals surface area contributed by atoms with Crippen molar-refractivity contribution in [3.05, 3.63) is 64.7 Å². The molecule has 0 N–H and O–H groups in total. The van der Waals surface area contributed by atoms with Crippen molar-refractivity contribution in [2.45, 2.75) is 33.6 Å². The summed E-state index contributed by atoms with van der Waals surface area (Å²) in [6.45, 7) is 7.00. The van der Waals surface area contributed by atoms with Gasteiger partial charge in [0.1, 0.15) is 5.75 Å². The van der Waals surface area contributed by atoms with Gasteiger partial charge < -0.3 is 4.74 Å². The van der Waals surface area contributed by atoms with Crippen LogP contribution in [0.25, 0.3) is 0 Å². The molecule has 1 aliphatic rings. The lowest BCUT2D eigenvalue weighted by Gasteiger charge is -2.11. The first-order valence-corrected chi connectivity index (χ1v) is 8.07. The number of hydrogen-bond acceptors (Lipinski definition) is 2. The van der Waals surface area contributed by atoms with Crippen LogP contribution in [0.2, 0.25) is 0 Å². The van der Waals surface area contributed by atoms with E-state index in [1.54, 1.807) is 7.11 Å². The summed E-state index contributed by atoms with van der Waals surface area (Å²) in [5.41, 5.74) is 6.16. The van der Waals surface area contributed by atoms with Gasteiger partial charge in [0.05, 0.1) is 12.8 Å². The average molecular weight is 295 g/mol. The van der Waals surface area contributed by atoms with Gasteiger partial charge >= 0.3 is 0 Å². The van der Waals surface area contributed by atoms with E-state index in [-0.39, 0.29) is 0 Å². The first-order valence-electron chi connectivity index (χ1n) is 8.07. The summed E-state index contributed by atoms with van der Waals surface area (Å²) < 4.78 is 5.34. The molecule has 0 bridgehead atoms. The van der Waals surface area contributed by atoms with Gasteiger partial charge in [0.2, 0.25) is 0 Å². The minimum Gasteiger partial charge on any atom is -0.497 e. The van der Waals surface area contributed by atoms with Crippen LogP contribution in [0.4, 0.5) is 0 Å². The molecule has 0 unspecified atom stereocenters. The van der Waals surface area contributed by atoms with E-state index in [0.29, 0.717) is 0 Å². The van der Waals surface area contributed by atoms with E-state index in [1.165, 1.54) is 22.3 Å². The van der Waals surface area contributed by atoms with E-state index < -0.39 is 0 Å². The Morgan fingerprint density at radius 2 is 1.73 bits per heavy atom. The minimum absolute atomic E-state index is 0.889. The highest BCUT2D eigenvalue weighted by Crippen LogP contribution is 2.24. The average Bonchev–Trinajstić information content (AvgIpc) is 2.79. The SMILES string of the molecule is CC.COc1ccc2c(c1)CCCN=C2c1ccc(C)cc1. The Kier molecular flexibility index (Phi) is 5.76. The summed E-state index contributed by atoms with van der Waals surface area (Å²) in [5, 5.41) is 0. The highest BCUT2D eigenvalue weighted by molar-refractivity contribution is 6.14. The predicted octanol–water partition coefficient (Wildman–Crippen LogP) is 4.81. The van der Waals surface area contributed by atoms with Gasteiger partial charge in [0, 0.05) is 17.7 Å². The fourth-order valence-electron chi connectivity index (χ4n) is 2.64. The smallest absolute Gasteiger partial charge is 0.119 e. The normalized spacial score (nSPS) is 13.2. The molecule has 0 aliphatic carbocycles. The summed E-state index contributed by atoms with van der Waals surface area (Å²) in [6, 6.07) is 14.9. The third-order valence-electron chi connectivity index (χ3n) is 3.77. The summed E-state index contributed by atoms with van der Waals surface area (Å²) in [5.74, 6) is 0.925. The molecule has 0 fully saturated rings. The van der Waals surface area contributed by atoms with Crippen LogP contribution in [0.15, 0.2) is 47.5 Å². The molecule has 0 atom stereocenters. The second kappa shape index (κ2) is 7.79. The Hall–Kier alpha value is -2.09. The third-order valence-corrected chi connectivity index (χ3v) is 3.77. The number of ether oxygens (including phenoxy) is 1. The summed E-state index contributed by atoms with van der Waals surface area (Å²) in [7, 11) is 1.72. The monoisotopic (exact) mass is 295 g/mol. The molecular weight excluding hydrogens is 270 g/mol. The lowest BCUT2D eigenvalue weighted by atomic mass is 9.95. The molecule has 0 saturated heterocycles. The molecule has 2 heteroatoms. The quantitative estimate of drug-likeness (QED) is 0.779. The second-order valence-corrected chi connectivity index (χ2v) is 5.22. The Balaban J connectivity index is 0.000000847. The van der Waals surface area contributed by atoms with E-state index in [0.717, 1.165) is 30.8 Å². The molecule has 0 spiro atoms. The zero-order valence-corrected chi connectivity index (χ0v) is 14.0. The molecule has 1 aliphatic heterocycles. The molecule has 2 aromatic carbocycles. The third kappa shape index (κ3) is 3.56. The van der Waals surface area contributed by atoms with E-state index in [2.05, 4.69) is 43.3 Å². The molecule has 0 aromatic heterocycles. The van der Waals surface area contributed by atoms with E-state index in [4.69, 9.17) is 9.73 Å². The Labute approximate surface area is 133 Å². The fraction of sp³-hybridized carbons (Fsp3) is 0.350. The van der Waals surface area contributed by atoms with Crippen molar-refractivity contribution in [2.75, 3.05) is 13.7 Å². The summed E-state index contributed by atoms with van der Waals surface area (Å²) >= 11 is 0. The van der Waals surface area contributed by atoms with Crippen molar-refractivity contribution in [1.82, 2.24) is 0 Å². The van der Waals surface area contributed by atoms with Crippen molar-refractivity contribution >= 4 is 5.71 Å². The van der Waals surface area contributed by atoms with Crippen LogP contribution in [0.5, 0.6) is 5.75 Å². The van der Waals surface area contributed by atoms with Gasteiger partial charge in [-0.05, 0) is 43.5 Å². The number of hydrogen-bond donors (Lipinski definition) is 0. The Morgan fingerprint density at radius 1 is 1.00 bits per heavy atom. The number of aliphatic imine (C=N–C) groups is 1. The number of rotatable bonds is 2. The number of aryl methyl sites for hydroxylation is 2. The van der Waals surface area contributed by atoms with E-state index >= 15 is 0 Å². The minimum atomic E-state index is 0.889. The van der Waals surface area contributed by atoms with Crippen LogP contribution in [0.3, 0.4) is 0 Å². The molecule has 116 valence electrons. The lowest BCUT2D eigenvalue weighted by Crippen LogP contribution is -2.06. The molecule has 22 heavy (non-hydrogen) atoms. The molecule has 0 radical (unpaired) electrons. The lowest BCUT2D eigenvalue weighted by molar-refractivity contribution is 0.414. The van der Waals surface area contributed by atoms with Crippen LogP contribution in [-0.4, -0.2) is 19.4 Å². The highest BCUT2D eigenvalue weighted by Gasteiger charge is 2.15. The van der Waals surface area contributed by atoms with Crippen molar-refractivity contribution in [1.29, 1.82) is 0 Å². The maximum atomic E-state index is 5.34. The summed E-state index contributed by atoms with van der Waals surface area (Å²) in [4.78, 5) is 4.80. The van der Waals surface area contributed by atoms with Crippen molar-refractivity contribution in [2.24, 2.45) is 4.99 Å². The maximum absolute atomic E-state index is 5.34. The number of nitrogens with zero attached hydrogens (tertiary/aromatic N) is 1. The van der Waals surface area contributed by atoms with Crippen LogP contribution < -0.4 is 4.74 Å². The van der Waals surface area contributed by atoms with Gasteiger partial charge in [-0.3, -0.25) is 4.99 Å². The van der Waals surface area contributed by atoms with Crippen LogP contribution in [-0.2, 0) is 6.42 Å². The van der Waals surface area contributed by atoms with Gasteiger partial charge in [-0.1, -0.05) is 43.7 Å². The number of methoxy groups -OCH3 is 1. The van der Waals surface area contributed by atoms with Crippen LogP contribution in [0, 0.1) is 6.92 Å². The molecule has 1 heterocycles. The molecular formula is C20H25NO. The zero-order chi connectivity index (χ0) is 15.9. The van der Waals surface area contributed by atoms with E-state index in [9.17, 15) is 0 Å². The Morgan fingerprint density at radius 3 is 2.41 bits per heavy atom. The largest absolute Gasteiger partial charge is 0.497 e. The van der Waals surface area contributed by atoms with E-state index in [1.807, 2.05) is 19.9 Å². The Bertz CT molecular complexity index is 641. The number of benzene rings is 2. The topological polar surface area (TPSA) is 21.6 Å². The van der Waals surface area contributed by atoms with Crippen LogP contribution in [0.1, 0.15) is 42.5 Å². The zero-order valence-electron chi connectivity index (χ0n) is 14.0. The highest BCUT2D eigenvalue weighted by atomic mass is 16.5. The molecule has 2 nitrogen and oxygen atoms in total. The first-order chi connectivity index (χ1) is 10.8. The van der Waals surface area contributed by atoms with Gasteiger partial charge in [0.15, 0.2) is 0 Å². The molecule has 2 aromatic rings. The van der Waals surface area contributed by atoms with Gasteiger partial charge in [-0.15, -0.1) is 0 Å². The first kappa shape index (κ1) is 16.3. The summed E-state index contributed by atoms with van der Waals surface area (Å²) in [6.07, 6.45) is 2.15. The van der Waals surface area contributed by atoms with Gasteiger partial charge in [0.25, 0.3) is 0 Å². The fourth-order valence-corrected chi connectivity index (χ4v) is 2.64. The van der Waals surface area contributed by atoms with Crippen molar-refractivity contribution < 1.29 is 4.74 Å². The second-order valence-electron chi connectivity index (χ2n) is 5.22. The molecule has 0 amide bonds. The number of fused-ring (bicyclic) bond motifs is 1.